The summed E-state index contributed by atoms with van der Waals surface area (Å²) in [6.07, 6.45) is 0.252. The van der Waals surface area contributed by atoms with Crippen LogP contribution in [0.5, 0.6) is 0 Å². The number of carbonyl (C=O) groups is 1. The van der Waals surface area contributed by atoms with Crippen LogP contribution in [-0.4, -0.2) is 25.3 Å². The summed E-state index contributed by atoms with van der Waals surface area (Å²) in [5.41, 5.74) is 0. The zero-order chi connectivity index (χ0) is 11.0. The molecule has 1 spiro atoms. The molecule has 11 heterocycles. The zero-order valence-corrected chi connectivity index (χ0v) is 10.9. The number of carbonyl (C=O) groups excluding carboxylic acids is 1. The van der Waals surface area contributed by atoms with Crippen LogP contribution in [-0.2, 0) is 20.8 Å². The Labute approximate surface area is 93.9 Å². The molecule has 11 rings (SSSR count). The van der Waals surface area contributed by atoms with E-state index in [0.29, 0.717) is 16.9 Å². The molecule has 4 heteroatoms. The summed E-state index contributed by atoms with van der Waals surface area (Å²) in [5.74, 6) is 0.324. The van der Waals surface area contributed by atoms with Crippen LogP contribution in [0.3, 0.4) is 0 Å². The van der Waals surface area contributed by atoms with Crippen LogP contribution in [0.15, 0.2) is 0 Å². The van der Waals surface area contributed by atoms with Crippen molar-refractivity contribution >= 4 is 5.97 Å². The van der Waals surface area contributed by atoms with Gasteiger partial charge < -0.3 is 0 Å². The molecule has 0 amide bonds. The number of esters is 1. The summed E-state index contributed by atoms with van der Waals surface area (Å²) in [7, 11) is 0. The molecule has 5 unspecified atom stereocenters. The molecule has 11 aliphatic rings. The van der Waals surface area contributed by atoms with Gasteiger partial charge >= 0.3 is 93.7 Å². The van der Waals surface area contributed by atoms with Gasteiger partial charge in [-0.3, -0.25) is 0 Å². The molecule has 0 radical (unpaired) electrons. The SMILES string of the molecule is O=C(OCC1CO1)[C]12[CH]3[CH]4[CH]5[CH]1[Fe]45321678[CH]2[CH]1[CH]6[CH]7[CH]28. The van der Waals surface area contributed by atoms with Gasteiger partial charge in [-0.2, -0.15) is 0 Å². The Morgan fingerprint density at radius 3 is 2.00 bits per heavy atom. The summed E-state index contributed by atoms with van der Waals surface area (Å²) < 4.78 is 11.3. The molecular formula is C14H14FeO3. The molecule has 11 aliphatic heterocycles. The monoisotopic (exact) mass is 286 g/mol. The second-order valence-corrected chi connectivity index (χ2v) is 34.8. The van der Waals surface area contributed by atoms with E-state index in [9.17, 15) is 4.79 Å². The Morgan fingerprint density at radius 1 is 1.11 bits per heavy atom. The van der Waals surface area contributed by atoms with Gasteiger partial charge in [0.1, 0.15) is 0 Å². The van der Waals surface area contributed by atoms with Crippen molar-refractivity contribution in [2.45, 2.75) is 53.8 Å². The summed E-state index contributed by atoms with van der Waals surface area (Å²) in [6, 6.07) is 0. The van der Waals surface area contributed by atoms with Crippen molar-refractivity contribution in [2.75, 3.05) is 13.2 Å². The molecule has 3 nitrogen and oxygen atoms in total. The first-order valence-electron chi connectivity index (χ1n) is 7.55. The fourth-order valence-electron chi connectivity index (χ4n) is 17.2. The third-order valence-electron chi connectivity index (χ3n) is 15.8. The van der Waals surface area contributed by atoms with Gasteiger partial charge in [0.15, 0.2) is 0 Å². The first-order valence-corrected chi connectivity index (χ1v) is 13.8. The van der Waals surface area contributed by atoms with Crippen molar-refractivity contribution in [3.05, 3.63) is 0 Å². The van der Waals surface area contributed by atoms with Crippen LogP contribution in [0, 0.1) is 0 Å². The Hall–Kier alpha value is -0.0505. The van der Waals surface area contributed by atoms with Gasteiger partial charge in [0.2, 0.25) is 0 Å². The minimum absolute atomic E-state index is 0.252. The van der Waals surface area contributed by atoms with E-state index in [2.05, 4.69) is 0 Å². The quantitative estimate of drug-likeness (QED) is 0.455. The van der Waals surface area contributed by atoms with E-state index in [1.54, 1.807) is 0 Å². The fourth-order valence-corrected chi connectivity index (χ4v) is 90.7. The van der Waals surface area contributed by atoms with E-state index in [-0.39, 0.29) is 6.10 Å². The number of fused-ring (bicyclic) bond motifs is 10. The zero-order valence-electron chi connectivity index (χ0n) is 9.77. The fraction of sp³-hybridized carbons (Fsp3) is 0.929. The Balaban J connectivity index is 1.33. The number of ether oxygens (including phenoxy) is 2. The average Bonchev–Trinajstić information content (AvgIpc) is 3.35. The average molecular weight is 286 g/mol. The van der Waals surface area contributed by atoms with Crippen molar-refractivity contribution in [3.63, 3.8) is 0 Å². The third-order valence-corrected chi connectivity index (χ3v) is 58.1. The summed E-state index contributed by atoms with van der Waals surface area (Å²) in [4.78, 5) is 23.5. The molecule has 0 aromatic heterocycles. The van der Waals surface area contributed by atoms with Gasteiger partial charge in [-0.05, 0) is 0 Å². The second kappa shape index (κ2) is 0.557. The maximum absolute atomic E-state index is 12.9. The van der Waals surface area contributed by atoms with Crippen LogP contribution in [0.25, 0.3) is 0 Å². The van der Waals surface area contributed by atoms with Crippen LogP contribution in [0.1, 0.15) is 0 Å². The number of rotatable bonds is 3. The normalized spacial score (nSPS) is 120. The summed E-state index contributed by atoms with van der Waals surface area (Å²) >= 11 is 0. The number of hydrogen-bond donors (Lipinski definition) is 0. The van der Waals surface area contributed by atoms with Gasteiger partial charge in [-0.25, -0.2) is 0 Å². The van der Waals surface area contributed by atoms with Crippen LogP contribution in [0.2, 0.25) is 47.7 Å². The Bertz CT molecular complexity index is 958. The molecule has 0 saturated carbocycles. The Morgan fingerprint density at radius 2 is 1.67 bits per heavy atom. The first-order chi connectivity index (χ1) is 8.54. The van der Waals surface area contributed by atoms with Gasteiger partial charge in [-0.15, -0.1) is 0 Å². The van der Waals surface area contributed by atoms with Crippen LogP contribution in [0.4, 0.5) is 0 Å². The second-order valence-electron chi connectivity index (χ2n) is 11.2. The standard InChI is InChI=1S/C9H9O3.C5H5.Fe/c10-9(7-3-1-2-4-7)12-6-8-5-11-8;1-2-4-5-3-1;/h1-4,8H,5-6H2;1-5H;. The van der Waals surface area contributed by atoms with Gasteiger partial charge in [0.25, 0.3) is 0 Å². The predicted molar refractivity (Wildman–Crippen MR) is 57.1 cm³/mol. The molecule has 0 aliphatic carbocycles. The van der Waals surface area contributed by atoms with E-state index in [1.165, 1.54) is 33.7 Å². The van der Waals surface area contributed by atoms with Crippen molar-refractivity contribution in [2.24, 2.45) is 0 Å². The van der Waals surface area contributed by atoms with Crippen molar-refractivity contribution in [1.82, 2.24) is 0 Å². The maximum atomic E-state index is 12.9. The molecule has 18 heavy (non-hydrogen) atoms. The summed E-state index contributed by atoms with van der Waals surface area (Å²) in [5, 5.41) is 0. The molecule has 11 saturated heterocycles. The van der Waals surface area contributed by atoms with Gasteiger partial charge in [-0.1, -0.05) is 0 Å². The van der Waals surface area contributed by atoms with E-state index in [0.717, 1.165) is 16.2 Å². The molecule has 0 N–H and O–H groups in total. The molecule has 0 bridgehead atoms. The molecule has 5 atom stereocenters. The Kier molecular flexibility index (Phi) is 0.204. The van der Waals surface area contributed by atoms with Crippen molar-refractivity contribution in [1.29, 1.82) is 0 Å². The topological polar surface area (TPSA) is 38.8 Å². The molecule has 0 aromatic carbocycles. The van der Waals surface area contributed by atoms with Crippen LogP contribution >= 0.6 is 0 Å². The van der Waals surface area contributed by atoms with Gasteiger partial charge in [0, 0.05) is 0 Å². The number of hydrogen-bond acceptors (Lipinski definition) is 3. The predicted octanol–water partition coefficient (Wildman–Crippen LogP) is 2.69. The molecule has 96 valence electrons. The van der Waals surface area contributed by atoms with Crippen molar-refractivity contribution in [3.8, 4) is 0 Å². The number of epoxide rings is 1. The minimum atomic E-state index is -3.20. The van der Waals surface area contributed by atoms with Gasteiger partial charge in [0.05, 0.1) is 0 Å². The van der Waals surface area contributed by atoms with E-state index < -0.39 is 6.51 Å². The first kappa shape index (κ1) is 6.60. The van der Waals surface area contributed by atoms with Crippen LogP contribution < -0.4 is 0 Å². The third kappa shape index (κ3) is 0.0692. The summed E-state index contributed by atoms with van der Waals surface area (Å²) in [6.45, 7) is -1.82. The van der Waals surface area contributed by atoms with Crippen molar-refractivity contribution < 1.29 is 20.8 Å². The van der Waals surface area contributed by atoms with E-state index in [4.69, 9.17) is 9.47 Å². The van der Waals surface area contributed by atoms with E-state index >= 15 is 0 Å². The molecule has 11 fully saturated rings. The molecular weight excluding hydrogens is 272 g/mol. The molecule has 0 aromatic rings. The van der Waals surface area contributed by atoms with E-state index in [1.807, 2.05) is 0 Å².